The molecule has 0 fully saturated rings. The Morgan fingerprint density at radius 3 is 2.33 bits per heavy atom. The van der Waals surface area contributed by atoms with Crippen LogP contribution in [0.1, 0.15) is 20.8 Å². The van der Waals surface area contributed by atoms with Crippen LogP contribution in [0.3, 0.4) is 0 Å². The molecule has 2 aromatic heterocycles. The summed E-state index contributed by atoms with van der Waals surface area (Å²) in [6.45, 7) is 5.23. The fraction of sp³-hybridized carbons (Fsp3) is 0.316. The Balaban J connectivity index is 2.25. The molecule has 3 aromatic rings. The maximum atomic E-state index is 13.1. The summed E-state index contributed by atoms with van der Waals surface area (Å²) < 4.78 is 18.2. The minimum Gasteiger partial charge on any atom is -0.491 e. The van der Waals surface area contributed by atoms with Crippen molar-refractivity contribution in [1.29, 1.82) is 0 Å². The smallest absolute Gasteiger partial charge is 0.423 e. The number of hydrogen-bond acceptors (Lipinski definition) is 6. The first-order valence-electron chi connectivity index (χ1n) is 8.31. The lowest BCUT2D eigenvalue weighted by Gasteiger charge is -2.19. The number of imidazole rings is 1. The zero-order chi connectivity index (χ0) is 19.8. The molecule has 0 amide bonds. The van der Waals surface area contributed by atoms with Gasteiger partial charge in [0.1, 0.15) is 5.60 Å². The number of aromatic nitrogens is 3. The van der Waals surface area contributed by atoms with E-state index < -0.39 is 17.4 Å². The van der Waals surface area contributed by atoms with Crippen LogP contribution in [0.4, 0.5) is 4.79 Å². The molecule has 1 aromatic carbocycles. The van der Waals surface area contributed by atoms with E-state index in [9.17, 15) is 9.59 Å². The first-order chi connectivity index (χ1) is 12.8. The lowest BCUT2D eigenvalue weighted by molar-refractivity contribution is 0.0538. The topological polar surface area (TPSA) is 84.6 Å². The van der Waals surface area contributed by atoms with Gasteiger partial charge in [-0.15, -0.1) is 0 Å². The second kappa shape index (κ2) is 6.79. The van der Waals surface area contributed by atoms with Gasteiger partial charge in [0.2, 0.25) is 0 Å². The number of para-hydroxylation sites is 2. The first kappa shape index (κ1) is 18.5. The molecule has 0 aliphatic heterocycles. The number of carbonyl (C=O) groups is 1. The van der Waals surface area contributed by atoms with Crippen LogP contribution in [0.15, 0.2) is 41.3 Å². The molecular formula is C19H21N3O5. The van der Waals surface area contributed by atoms with Gasteiger partial charge in [-0.1, -0.05) is 12.1 Å². The predicted octanol–water partition coefficient (Wildman–Crippen LogP) is 2.99. The number of nitrogens with zero attached hydrogens (tertiary/aromatic N) is 3. The molecule has 142 valence electrons. The zero-order valence-corrected chi connectivity index (χ0v) is 15.8. The Morgan fingerprint density at radius 2 is 1.74 bits per heavy atom. The lowest BCUT2D eigenvalue weighted by atomic mass is 10.2. The summed E-state index contributed by atoms with van der Waals surface area (Å²) in [7, 11) is 2.96. The van der Waals surface area contributed by atoms with E-state index in [2.05, 4.69) is 4.98 Å². The van der Waals surface area contributed by atoms with Crippen LogP contribution < -0.4 is 15.2 Å². The van der Waals surface area contributed by atoms with Gasteiger partial charge >= 0.3 is 11.8 Å². The van der Waals surface area contributed by atoms with Crippen molar-refractivity contribution < 1.29 is 19.0 Å². The van der Waals surface area contributed by atoms with Gasteiger partial charge in [-0.05, 0) is 32.9 Å². The van der Waals surface area contributed by atoms with Crippen molar-refractivity contribution in [1.82, 2.24) is 14.1 Å². The van der Waals surface area contributed by atoms with Gasteiger partial charge in [-0.3, -0.25) is 4.57 Å². The van der Waals surface area contributed by atoms with Gasteiger partial charge in [0, 0.05) is 6.07 Å². The molecule has 0 saturated carbocycles. The quantitative estimate of drug-likeness (QED) is 0.704. The summed E-state index contributed by atoms with van der Waals surface area (Å²) in [5.41, 5.74) is 0.134. The van der Waals surface area contributed by atoms with Gasteiger partial charge in [0.15, 0.2) is 5.75 Å². The van der Waals surface area contributed by atoms with E-state index in [4.69, 9.17) is 14.2 Å². The molecule has 0 N–H and O–H groups in total. The van der Waals surface area contributed by atoms with Crippen LogP contribution in [0.2, 0.25) is 0 Å². The van der Waals surface area contributed by atoms with Crippen LogP contribution in [0, 0.1) is 0 Å². The Morgan fingerprint density at radius 1 is 1.07 bits per heavy atom. The minimum atomic E-state index is -0.740. The Labute approximate surface area is 155 Å². The average molecular weight is 371 g/mol. The van der Waals surface area contributed by atoms with E-state index in [1.54, 1.807) is 51.1 Å². The molecule has 0 aliphatic rings. The van der Waals surface area contributed by atoms with Crippen molar-refractivity contribution >= 4 is 17.1 Å². The molecule has 27 heavy (non-hydrogen) atoms. The third-order valence-corrected chi connectivity index (χ3v) is 3.80. The number of benzene rings is 1. The van der Waals surface area contributed by atoms with E-state index in [0.717, 1.165) is 4.57 Å². The third kappa shape index (κ3) is 3.38. The molecule has 0 bridgehead atoms. The monoisotopic (exact) mass is 371 g/mol. The van der Waals surface area contributed by atoms with Crippen LogP contribution >= 0.6 is 0 Å². The van der Waals surface area contributed by atoms with E-state index in [1.807, 2.05) is 0 Å². The van der Waals surface area contributed by atoms with Crippen LogP contribution in [-0.4, -0.2) is 40.0 Å². The maximum Gasteiger partial charge on any atom is 0.423 e. The fourth-order valence-corrected chi connectivity index (χ4v) is 2.73. The van der Waals surface area contributed by atoms with Crippen molar-refractivity contribution in [2.75, 3.05) is 14.2 Å². The fourth-order valence-electron chi connectivity index (χ4n) is 2.73. The lowest BCUT2D eigenvalue weighted by Crippen LogP contribution is -2.34. The number of carbonyl (C=O) groups excluding carboxylic acids is 1. The molecule has 3 rings (SSSR count). The van der Waals surface area contributed by atoms with Crippen molar-refractivity contribution in [3.05, 3.63) is 47.0 Å². The first-order valence-corrected chi connectivity index (χ1v) is 8.31. The largest absolute Gasteiger partial charge is 0.491 e. The second-order valence-corrected chi connectivity index (χ2v) is 6.83. The van der Waals surface area contributed by atoms with E-state index >= 15 is 0 Å². The third-order valence-electron chi connectivity index (χ3n) is 3.80. The molecule has 0 unspecified atom stereocenters. The Kier molecular flexibility index (Phi) is 4.65. The molecule has 8 nitrogen and oxygen atoms in total. The Bertz CT molecular complexity index is 1060. The molecular weight excluding hydrogens is 350 g/mol. The second-order valence-electron chi connectivity index (χ2n) is 6.83. The van der Waals surface area contributed by atoms with E-state index in [1.165, 1.54) is 25.0 Å². The van der Waals surface area contributed by atoms with Crippen LogP contribution in [0.25, 0.3) is 16.7 Å². The highest BCUT2D eigenvalue weighted by Gasteiger charge is 2.25. The average Bonchev–Trinajstić information content (AvgIpc) is 2.91. The van der Waals surface area contributed by atoms with Crippen LogP contribution in [0.5, 0.6) is 11.6 Å². The minimum absolute atomic E-state index is 0.296. The van der Waals surface area contributed by atoms with Gasteiger partial charge in [-0.25, -0.2) is 14.6 Å². The van der Waals surface area contributed by atoms with Crippen molar-refractivity contribution in [3.63, 3.8) is 0 Å². The summed E-state index contributed by atoms with van der Waals surface area (Å²) in [6, 6.07) is 8.59. The van der Waals surface area contributed by atoms with Gasteiger partial charge in [0.05, 0.1) is 37.1 Å². The highest BCUT2D eigenvalue weighted by atomic mass is 16.6. The summed E-state index contributed by atoms with van der Waals surface area (Å²) in [5.74, 6) is 0.668. The number of hydrogen-bond donors (Lipinski definition) is 0. The summed E-state index contributed by atoms with van der Waals surface area (Å²) in [5, 5.41) is 0. The number of methoxy groups -OCH3 is 2. The van der Waals surface area contributed by atoms with Gasteiger partial charge < -0.3 is 14.2 Å². The van der Waals surface area contributed by atoms with E-state index in [0.29, 0.717) is 28.4 Å². The standard InChI is InChI=1S/C19H21N3O5/c1-19(2,3)27-18(24)22-14-9-7-6-8-13(14)21(17(22)23)12-10-15(25-4)16(26-5)20-11-12/h6-11H,1-5H3. The summed E-state index contributed by atoms with van der Waals surface area (Å²) in [4.78, 5) is 29.9. The highest BCUT2D eigenvalue weighted by Crippen LogP contribution is 2.27. The number of ether oxygens (including phenoxy) is 3. The molecule has 0 saturated heterocycles. The van der Waals surface area contributed by atoms with Crippen molar-refractivity contribution in [2.45, 2.75) is 26.4 Å². The SMILES string of the molecule is COc1cc(-n2c(=O)n(C(=O)OC(C)(C)C)c3ccccc32)cnc1OC. The molecule has 0 atom stereocenters. The van der Waals surface area contributed by atoms with Gasteiger partial charge in [-0.2, -0.15) is 4.57 Å². The van der Waals surface area contributed by atoms with Crippen molar-refractivity contribution in [2.24, 2.45) is 0 Å². The number of pyridine rings is 1. The zero-order valence-electron chi connectivity index (χ0n) is 15.8. The predicted molar refractivity (Wildman–Crippen MR) is 100 cm³/mol. The highest BCUT2D eigenvalue weighted by molar-refractivity contribution is 5.88. The molecule has 0 radical (unpaired) electrons. The maximum absolute atomic E-state index is 13.1. The van der Waals surface area contributed by atoms with E-state index in [-0.39, 0.29) is 0 Å². The number of fused-ring (bicyclic) bond motifs is 1. The van der Waals surface area contributed by atoms with Crippen LogP contribution in [-0.2, 0) is 4.74 Å². The molecule has 0 spiro atoms. The molecule has 8 heteroatoms. The van der Waals surface area contributed by atoms with Gasteiger partial charge in [0.25, 0.3) is 5.88 Å². The molecule has 0 aliphatic carbocycles. The molecule has 2 heterocycles. The Hall–Kier alpha value is -3.29. The summed E-state index contributed by atoms with van der Waals surface area (Å²) >= 11 is 0. The summed E-state index contributed by atoms with van der Waals surface area (Å²) in [6.07, 6.45) is 0.741. The normalized spacial score (nSPS) is 11.4. The van der Waals surface area contributed by atoms with Crippen molar-refractivity contribution in [3.8, 4) is 17.3 Å². The number of rotatable bonds is 3.